The summed E-state index contributed by atoms with van der Waals surface area (Å²) in [5.74, 6) is 1.13. The van der Waals surface area contributed by atoms with Crippen molar-refractivity contribution in [2.75, 3.05) is 19.0 Å². The fourth-order valence-electron chi connectivity index (χ4n) is 6.26. The molecule has 0 atom stereocenters. The van der Waals surface area contributed by atoms with Gasteiger partial charge in [0.1, 0.15) is 5.75 Å². The molecule has 1 aliphatic heterocycles. The Labute approximate surface area is 236 Å². The van der Waals surface area contributed by atoms with E-state index in [0.29, 0.717) is 29.8 Å². The summed E-state index contributed by atoms with van der Waals surface area (Å²) < 4.78 is 13.4. The van der Waals surface area contributed by atoms with Crippen LogP contribution in [0.5, 0.6) is 11.6 Å². The van der Waals surface area contributed by atoms with Crippen LogP contribution in [0, 0.1) is 5.92 Å². The van der Waals surface area contributed by atoms with Gasteiger partial charge in [-0.15, -0.1) is 0 Å². The number of pyridine rings is 1. The van der Waals surface area contributed by atoms with Gasteiger partial charge < -0.3 is 24.7 Å². The molecule has 10 nitrogen and oxygen atoms in total. The predicted octanol–water partition coefficient (Wildman–Crippen LogP) is 4.60. The number of aromatic amines is 1. The highest BCUT2D eigenvalue weighted by atomic mass is 16.5. The minimum Gasteiger partial charge on any atom is -0.484 e. The Morgan fingerprint density at radius 1 is 1.12 bits per heavy atom. The fourth-order valence-corrected chi connectivity index (χ4v) is 6.26. The highest BCUT2D eigenvalue weighted by molar-refractivity contribution is 6.19. The van der Waals surface area contributed by atoms with Gasteiger partial charge in [0.15, 0.2) is 6.61 Å². The van der Waals surface area contributed by atoms with Crippen molar-refractivity contribution >= 4 is 39.3 Å². The third-order valence-electron chi connectivity index (χ3n) is 7.89. The zero-order valence-corrected chi connectivity index (χ0v) is 23.1. The lowest BCUT2D eigenvalue weighted by atomic mass is 9.82. The van der Waals surface area contributed by atoms with Gasteiger partial charge in [-0.25, -0.2) is 4.98 Å². The van der Waals surface area contributed by atoms with Crippen LogP contribution in [-0.2, 0) is 30.7 Å². The number of hydrogen-bond donors (Lipinski definition) is 3. The molecule has 0 fully saturated rings. The third kappa shape index (κ3) is 4.09. The largest absolute Gasteiger partial charge is 0.484 e. The maximum atomic E-state index is 13.2. The summed E-state index contributed by atoms with van der Waals surface area (Å²) in [6, 6.07) is 9.38. The number of nitrogens with zero attached hydrogens (tertiary/aromatic N) is 3. The molecule has 41 heavy (non-hydrogen) atoms. The molecule has 4 heterocycles. The first kappa shape index (κ1) is 25.1. The van der Waals surface area contributed by atoms with Gasteiger partial charge in [-0.2, -0.15) is 5.10 Å². The number of methoxy groups -OCH3 is 1. The Hall–Kier alpha value is -4.86. The number of aryl methyl sites for hydroxylation is 2. The number of amides is 2. The smallest absolute Gasteiger partial charge is 0.262 e. The lowest BCUT2D eigenvalue weighted by Crippen LogP contribution is -2.20. The summed E-state index contributed by atoms with van der Waals surface area (Å²) in [6.45, 7) is 5.58. The second kappa shape index (κ2) is 9.65. The standard InChI is InChI=1S/C31H30N6O4/c1-16(2)14-37-24-8-5-18(41-15-25(38)35-17-4-9-26(40-3)32-11-17)10-20(24)28-22-12-33-31(39)29(22)27-19(30(28)37)6-7-23-21(27)13-34-36-23/h4-5,8-11,13,16H,6-7,12,14-15H2,1-3H3,(H,33,39)(H,34,36)(H,35,38). The topological polar surface area (TPSA) is 123 Å². The number of ether oxygens (including phenoxy) is 2. The number of aromatic nitrogens is 4. The quantitative estimate of drug-likeness (QED) is 0.272. The van der Waals surface area contributed by atoms with E-state index in [4.69, 9.17) is 9.47 Å². The molecule has 1 aliphatic carbocycles. The summed E-state index contributed by atoms with van der Waals surface area (Å²) in [6.07, 6.45) is 5.04. The van der Waals surface area contributed by atoms with Crippen LogP contribution in [0.3, 0.4) is 0 Å². The van der Waals surface area contributed by atoms with Crippen molar-refractivity contribution in [2.45, 2.75) is 39.8 Å². The van der Waals surface area contributed by atoms with Crippen LogP contribution >= 0.6 is 0 Å². The summed E-state index contributed by atoms with van der Waals surface area (Å²) in [4.78, 5) is 30.0. The number of rotatable bonds is 7. The maximum absolute atomic E-state index is 13.2. The first-order valence-corrected chi connectivity index (χ1v) is 13.8. The van der Waals surface area contributed by atoms with Crippen molar-refractivity contribution in [3.63, 3.8) is 0 Å². The Bertz CT molecular complexity index is 1850. The van der Waals surface area contributed by atoms with Crippen LogP contribution in [0.1, 0.15) is 41.0 Å². The average molecular weight is 551 g/mol. The Morgan fingerprint density at radius 2 is 2.00 bits per heavy atom. The second-order valence-electron chi connectivity index (χ2n) is 11.0. The number of benzene rings is 2. The summed E-state index contributed by atoms with van der Waals surface area (Å²) >= 11 is 0. The van der Waals surface area contributed by atoms with Crippen molar-refractivity contribution in [3.05, 3.63) is 65.1 Å². The van der Waals surface area contributed by atoms with Gasteiger partial charge in [0.2, 0.25) is 5.88 Å². The highest BCUT2D eigenvalue weighted by Gasteiger charge is 2.35. The lowest BCUT2D eigenvalue weighted by molar-refractivity contribution is -0.118. The first-order chi connectivity index (χ1) is 19.9. The Morgan fingerprint density at radius 3 is 2.78 bits per heavy atom. The maximum Gasteiger partial charge on any atom is 0.262 e. The fraction of sp³-hybridized carbons (Fsp3) is 0.290. The van der Waals surface area contributed by atoms with Crippen molar-refractivity contribution in [3.8, 4) is 22.8 Å². The molecule has 0 saturated heterocycles. The second-order valence-corrected chi connectivity index (χ2v) is 11.0. The summed E-state index contributed by atoms with van der Waals surface area (Å²) in [7, 11) is 1.54. The SMILES string of the molecule is COc1ccc(NC(=O)COc2ccc3c(c2)c2c4c(c5c(c2n3CC(C)C)CCc2[nH]ncc2-5)C(=O)NC4)cn1. The molecule has 2 aromatic carbocycles. The van der Waals surface area contributed by atoms with Crippen molar-refractivity contribution < 1.29 is 19.1 Å². The molecule has 3 aromatic heterocycles. The molecule has 7 rings (SSSR count). The van der Waals surface area contributed by atoms with Crippen LogP contribution in [0.2, 0.25) is 0 Å². The number of anilines is 1. The molecule has 208 valence electrons. The van der Waals surface area contributed by atoms with E-state index >= 15 is 0 Å². The molecule has 3 N–H and O–H groups in total. The van der Waals surface area contributed by atoms with Gasteiger partial charge in [0.05, 0.1) is 36.3 Å². The minimum atomic E-state index is -0.292. The molecule has 2 amide bonds. The van der Waals surface area contributed by atoms with E-state index < -0.39 is 0 Å². The van der Waals surface area contributed by atoms with E-state index in [0.717, 1.165) is 63.6 Å². The number of carbonyl (C=O) groups excluding carboxylic acids is 2. The molecule has 2 aliphatic rings. The van der Waals surface area contributed by atoms with Crippen molar-refractivity contribution in [2.24, 2.45) is 5.92 Å². The number of carbonyl (C=O) groups is 2. The van der Waals surface area contributed by atoms with Gasteiger partial charge in [-0.05, 0) is 54.2 Å². The van der Waals surface area contributed by atoms with Crippen LogP contribution < -0.4 is 20.1 Å². The lowest BCUT2D eigenvalue weighted by Gasteiger charge is -2.22. The van der Waals surface area contributed by atoms with E-state index in [9.17, 15) is 9.59 Å². The normalized spacial score (nSPS) is 13.7. The third-order valence-corrected chi connectivity index (χ3v) is 7.89. The molecule has 0 saturated carbocycles. The number of hydrogen-bond acceptors (Lipinski definition) is 6. The summed E-state index contributed by atoms with van der Waals surface area (Å²) in [5, 5.41) is 15.4. The minimum absolute atomic E-state index is 0.0472. The zero-order valence-electron chi connectivity index (χ0n) is 23.1. The molecule has 10 heteroatoms. The van der Waals surface area contributed by atoms with E-state index in [1.165, 1.54) is 24.4 Å². The molecular weight excluding hydrogens is 520 g/mol. The van der Waals surface area contributed by atoms with Gasteiger partial charge in [-0.1, -0.05) is 13.8 Å². The Kier molecular flexibility index (Phi) is 5.92. The molecule has 0 unspecified atom stereocenters. The van der Waals surface area contributed by atoms with Gasteiger partial charge in [0, 0.05) is 52.3 Å². The van der Waals surface area contributed by atoms with Gasteiger partial charge in [-0.3, -0.25) is 14.7 Å². The van der Waals surface area contributed by atoms with Gasteiger partial charge >= 0.3 is 0 Å². The van der Waals surface area contributed by atoms with E-state index in [2.05, 4.69) is 50.3 Å². The van der Waals surface area contributed by atoms with E-state index in [1.807, 2.05) is 18.3 Å². The van der Waals surface area contributed by atoms with Crippen molar-refractivity contribution in [1.82, 2.24) is 25.1 Å². The monoisotopic (exact) mass is 550 g/mol. The highest BCUT2D eigenvalue weighted by Crippen LogP contribution is 2.47. The van der Waals surface area contributed by atoms with Crippen LogP contribution in [-0.4, -0.2) is 45.3 Å². The summed E-state index contributed by atoms with van der Waals surface area (Å²) in [5.41, 5.74) is 8.86. The van der Waals surface area contributed by atoms with E-state index in [1.54, 1.807) is 12.1 Å². The number of H-pyrrole nitrogens is 1. The van der Waals surface area contributed by atoms with Crippen LogP contribution in [0.25, 0.3) is 32.9 Å². The average Bonchev–Trinajstić information content (AvgIpc) is 3.68. The molecule has 0 spiro atoms. The van der Waals surface area contributed by atoms with E-state index in [-0.39, 0.29) is 18.4 Å². The number of fused-ring (bicyclic) bond motifs is 10. The molecule has 0 radical (unpaired) electrons. The van der Waals surface area contributed by atoms with Gasteiger partial charge in [0.25, 0.3) is 11.8 Å². The van der Waals surface area contributed by atoms with Crippen molar-refractivity contribution in [1.29, 1.82) is 0 Å². The molecule has 0 bridgehead atoms. The predicted molar refractivity (Wildman–Crippen MR) is 155 cm³/mol. The molecular formula is C31H30N6O4. The van der Waals surface area contributed by atoms with Crippen LogP contribution in [0.15, 0.2) is 42.7 Å². The Balaban J connectivity index is 1.32. The first-order valence-electron chi connectivity index (χ1n) is 13.8. The van der Waals surface area contributed by atoms with Crippen LogP contribution in [0.4, 0.5) is 5.69 Å². The molecule has 5 aromatic rings. The number of nitrogens with one attached hydrogen (secondary N) is 3. The zero-order chi connectivity index (χ0) is 28.2.